The highest BCUT2D eigenvalue weighted by Gasteiger charge is 2.33. The zero-order chi connectivity index (χ0) is 9.73. The van der Waals surface area contributed by atoms with Gasteiger partial charge in [-0.25, -0.2) is 0 Å². The van der Waals surface area contributed by atoms with Crippen LogP contribution in [-0.2, 0) is 0 Å². The molecule has 1 saturated carbocycles. The fourth-order valence-electron chi connectivity index (χ4n) is 2.25. The summed E-state index contributed by atoms with van der Waals surface area (Å²) in [5.41, 5.74) is -0.723. The Hall–Kier alpha value is -0.340. The first-order chi connectivity index (χ1) is 6.23. The second kappa shape index (κ2) is 4.77. The third-order valence-electron chi connectivity index (χ3n) is 3.17. The Balaban J connectivity index is 2.66. The van der Waals surface area contributed by atoms with Crippen LogP contribution in [0, 0.1) is 5.92 Å². The van der Waals surface area contributed by atoms with Gasteiger partial charge in [-0.15, -0.1) is 6.58 Å². The normalized spacial score (nSPS) is 35.4. The first kappa shape index (κ1) is 10.7. The van der Waals surface area contributed by atoms with Gasteiger partial charge < -0.3 is 10.2 Å². The summed E-state index contributed by atoms with van der Waals surface area (Å²) in [4.78, 5) is 0. The molecule has 0 aromatic heterocycles. The van der Waals surface area contributed by atoms with Crippen molar-refractivity contribution in [1.29, 1.82) is 0 Å². The van der Waals surface area contributed by atoms with E-state index in [0.717, 1.165) is 19.3 Å². The van der Waals surface area contributed by atoms with E-state index in [1.807, 2.05) is 0 Å². The molecule has 0 aliphatic heterocycles. The van der Waals surface area contributed by atoms with Crippen LogP contribution in [0.4, 0.5) is 0 Å². The van der Waals surface area contributed by atoms with Crippen molar-refractivity contribution in [3.63, 3.8) is 0 Å². The molecule has 0 radical (unpaired) electrons. The molecule has 2 nitrogen and oxygen atoms in total. The van der Waals surface area contributed by atoms with Gasteiger partial charge in [0.2, 0.25) is 0 Å². The van der Waals surface area contributed by atoms with Gasteiger partial charge in [0.05, 0.1) is 5.60 Å². The van der Waals surface area contributed by atoms with E-state index in [1.165, 1.54) is 12.8 Å². The number of aliphatic hydroxyl groups is 2. The molecule has 0 spiro atoms. The van der Waals surface area contributed by atoms with E-state index >= 15 is 0 Å². The summed E-state index contributed by atoms with van der Waals surface area (Å²) in [5, 5.41) is 19.1. The predicted octanol–water partition coefficient (Wildman–Crippen LogP) is 1.87. The second-order valence-electron chi connectivity index (χ2n) is 4.00. The van der Waals surface area contributed by atoms with Crippen molar-refractivity contribution in [2.45, 2.75) is 44.1 Å². The molecule has 2 N–H and O–H groups in total. The third kappa shape index (κ3) is 2.55. The minimum absolute atomic E-state index is 0.167. The number of rotatable bonds is 3. The molecule has 0 aromatic rings. The lowest BCUT2D eigenvalue weighted by molar-refractivity contribution is 0.0110. The van der Waals surface area contributed by atoms with E-state index in [2.05, 4.69) is 6.58 Å². The lowest BCUT2D eigenvalue weighted by atomic mass is 9.81. The topological polar surface area (TPSA) is 40.5 Å². The molecule has 0 unspecified atom stereocenters. The molecule has 2 heteroatoms. The Morgan fingerprint density at radius 1 is 1.38 bits per heavy atom. The van der Waals surface area contributed by atoms with Crippen molar-refractivity contribution in [3.05, 3.63) is 12.7 Å². The quantitative estimate of drug-likeness (QED) is 0.519. The van der Waals surface area contributed by atoms with Crippen LogP contribution in [0.5, 0.6) is 0 Å². The molecule has 2 atom stereocenters. The first-order valence-electron chi connectivity index (χ1n) is 5.20. The van der Waals surface area contributed by atoms with Crippen molar-refractivity contribution in [2.75, 3.05) is 6.61 Å². The zero-order valence-corrected chi connectivity index (χ0v) is 8.21. The summed E-state index contributed by atoms with van der Waals surface area (Å²) in [6, 6.07) is 0. The molecular weight excluding hydrogens is 164 g/mol. The Kier molecular flexibility index (Phi) is 3.94. The summed E-state index contributed by atoms with van der Waals surface area (Å²) in [6.45, 7) is 3.87. The van der Waals surface area contributed by atoms with Crippen LogP contribution in [-0.4, -0.2) is 22.4 Å². The lowest BCUT2D eigenvalue weighted by Gasteiger charge is -2.31. The minimum Gasteiger partial charge on any atom is -0.396 e. The highest BCUT2D eigenvalue weighted by Crippen LogP contribution is 2.35. The molecule has 1 aliphatic carbocycles. The Bertz CT molecular complexity index is 167. The Morgan fingerprint density at radius 3 is 2.77 bits per heavy atom. The van der Waals surface area contributed by atoms with Gasteiger partial charge in [0, 0.05) is 6.61 Å². The second-order valence-corrected chi connectivity index (χ2v) is 4.00. The van der Waals surface area contributed by atoms with Gasteiger partial charge in [-0.3, -0.25) is 0 Å². The van der Waals surface area contributed by atoms with E-state index < -0.39 is 5.60 Å². The van der Waals surface area contributed by atoms with Crippen molar-refractivity contribution >= 4 is 0 Å². The molecule has 0 heterocycles. The maximum Gasteiger partial charge on any atom is 0.0853 e. The lowest BCUT2D eigenvalue weighted by Crippen LogP contribution is -2.35. The summed E-state index contributed by atoms with van der Waals surface area (Å²) >= 11 is 0. The van der Waals surface area contributed by atoms with E-state index in [-0.39, 0.29) is 12.5 Å². The molecule has 1 rings (SSSR count). The SMILES string of the molecule is C=C[C@]1(O)CCCCC[C@@H]1CCO. The highest BCUT2D eigenvalue weighted by molar-refractivity contribution is 5.01. The number of aliphatic hydroxyl groups excluding tert-OH is 1. The van der Waals surface area contributed by atoms with E-state index in [9.17, 15) is 5.11 Å². The first-order valence-corrected chi connectivity index (χ1v) is 5.20. The largest absolute Gasteiger partial charge is 0.396 e. The summed E-state index contributed by atoms with van der Waals surface area (Å²) < 4.78 is 0. The molecule has 13 heavy (non-hydrogen) atoms. The molecule has 0 bridgehead atoms. The standard InChI is InChI=1S/C11H20O2/c1-2-11(13)8-5-3-4-6-10(11)7-9-12/h2,10,12-13H,1,3-9H2/t10-,11+/m1/s1. The van der Waals surface area contributed by atoms with Gasteiger partial charge in [-0.05, 0) is 25.2 Å². The molecule has 0 amide bonds. The van der Waals surface area contributed by atoms with Gasteiger partial charge in [0.25, 0.3) is 0 Å². The molecule has 1 fully saturated rings. The minimum atomic E-state index is -0.723. The number of hydrogen-bond donors (Lipinski definition) is 2. The van der Waals surface area contributed by atoms with Gasteiger partial charge in [-0.1, -0.05) is 25.3 Å². The zero-order valence-electron chi connectivity index (χ0n) is 8.21. The Labute approximate surface area is 80.3 Å². The predicted molar refractivity (Wildman–Crippen MR) is 53.4 cm³/mol. The van der Waals surface area contributed by atoms with Crippen LogP contribution in [0.2, 0.25) is 0 Å². The van der Waals surface area contributed by atoms with E-state index in [0.29, 0.717) is 6.42 Å². The average molecular weight is 184 g/mol. The van der Waals surface area contributed by atoms with Gasteiger partial charge >= 0.3 is 0 Å². The maximum atomic E-state index is 10.2. The van der Waals surface area contributed by atoms with Gasteiger partial charge in [0.15, 0.2) is 0 Å². The number of hydrogen-bond acceptors (Lipinski definition) is 2. The van der Waals surface area contributed by atoms with E-state index in [4.69, 9.17) is 5.11 Å². The molecular formula is C11H20O2. The molecule has 1 aliphatic rings. The average Bonchev–Trinajstić information content (AvgIpc) is 2.31. The maximum absolute atomic E-state index is 10.2. The summed E-state index contributed by atoms with van der Waals surface area (Å²) in [7, 11) is 0. The molecule has 76 valence electrons. The monoisotopic (exact) mass is 184 g/mol. The fourth-order valence-corrected chi connectivity index (χ4v) is 2.25. The van der Waals surface area contributed by atoms with Crippen LogP contribution in [0.1, 0.15) is 38.5 Å². The Morgan fingerprint density at radius 2 is 2.15 bits per heavy atom. The summed E-state index contributed by atoms with van der Waals surface area (Å²) in [6.07, 6.45) is 7.62. The third-order valence-corrected chi connectivity index (χ3v) is 3.17. The van der Waals surface area contributed by atoms with Crippen LogP contribution >= 0.6 is 0 Å². The van der Waals surface area contributed by atoms with E-state index in [1.54, 1.807) is 6.08 Å². The van der Waals surface area contributed by atoms with Gasteiger partial charge in [-0.2, -0.15) is 0 Å². The fraction of sp³-hybridized carbons (Fsp3) is 0.818. The van der Waals surface area contributed by atoms with Gasteiger partial charge in [0.1, 0.15) is 0 Å². The van der Waals surface area contributed by atoms with Crippen molar-refractivity contribution in [1.82, 2.24) is 0 Å². The molecule has 0 saturated heterocycles. The van der Waals surface area contributed by atoms with Crippen molar-refractivity contribution in [3.8, 4) is 0 Å². The van der Waals surface area contributed by atoms with Crippen LogP contribution in [0.3, 0.4) is 0 Å². The smallest absolute Gasteiger partial charge is 0.0853 e. The molecule has 0 aromatic carbocycles. The van der Waals surface area contributed by atoms with Crippen LogP contribution < -0.4 is 0 Å². The van der Waals surface area contributed by atoms with Crippen molar-refractivity contribution < 1.29 is 10.2 Å². The summed E-state index contributed by atoms with van der Waals surface area (Å²) in [5.74, 6) is 0.206. The van der Waals surface area contributed by atoms with Crippen molar-refractivity contribution in [2.24, 2.45) is 5.92 Å². The van der Waals surface area contributed by atoms with Crippen LogP contribution in [0.15, 0.2) is 12.7 Å². The van der Waals surface area contributed by atoms with Crippen LogP contribution in [0.25, 0.3) is 0 Å². The highest BCUT2D eigenvalue weighted by atomic mass is 16.3.